The van der Waals surface area contributed by atoms with Crippen molar-refractivity contribution in [1.29, 1.82) is 0 Å². The van der Waals surface area contributed by atoms with Crippen LogP contribution >= 0.6 is 0 Å². The summed E-state index contributed by atoms with van der Waals surface area (Å²) >= 11 is 0. The monoisotopic (exact) mass is 449 g/mol. The highest BCUT2D eigenvalue weighted by molar-refractivity contribution is 7.92. The molecule has 1 unspecified atom stereocenters. The highest BCUT2D eigenvalue weighted by Gasteiger charge is 2.31. The molecule has 0 amide bonds. The third-order valence-corrected chi connectivity index (χ3v) is 8.93. The summed E-state index contributed by atoms with van der Waals surface area (Å²) in [5.41, 5.74) is 4.08. The van der Waals surface area contributed by atoms with E-state index in [2.05, 4.69) is 41.5 Å². The zero-order chi connectivity index (χ0) is 21.7. The first kappa shape index (κ1) is 21.3. The topological polar surface area (TPSA) is 108 Å². The number of nitrogens with one attached hydrogen (secondary N) is 2. The summed E-state index contributed by atoms with van der Waals surface area (Å²) < 4.78 is 51.1. The van der Waals surface area contributed by atoms with Crippen molar-refractivity contribution in [3.63, 3.8) is 0 Å². The fraction of sp³-hybridized carbons (Fsp3) is 0.476. The second-order valence-corrected chi connectivity index (χ2v) is 13.0. The number of aromatic amines is 1. The first-order valence-electron chi connectivity index (χ1n) is 10.0. The van der Waals surface area contributed by atoms with Gasteiger partial charge in [0, 0.05) is 28.9 Å². The molecule has 4 rings (SSSR count). The first-order valence-corrected chi connectivity index (χ1v) is 13.4. The molecule has 0 bridgehead atoms. The minimum Gasteiger partial charge on any atom is -0.343 e. The lowest BCUT2D eigenvalue weighted by Crippen LogP contribution is -2.35. The number of hydrogen-bond donors (Lipinski definition) is 2. The number of fused-ring (bicyclic) bond motifs is 1. The summed E-state index contributed by atoms with van der Waals surface area (Å²) in [6.45, 7) is 7.12. The van der Waals surface area contributed by atoms with Gasteiger partial charge < -0.3 is 4.98 Å². The van der Waals surface area contributed by atoms with E-state index in [9.17, 15) is 16.8 Å². The van der Waals surface area contributed by atoms with Crippen LogP contribution in [0.5, 0.6) is 0 Å². The molecular weight excluding hydrogens is 422 g/mol. The molecule has 2 aromatic rings. The Labute approximate surface area is 177 Å². The predicted molar refractivity (Wildman–Crippen MR) is 116 cm³/mol. The van der Waals surface area contributed by atoms with E-state index in [1.807, 2.05) is 12.1 Å². The molecule has 1 saturated heterocycles. The van der Waals surface area contributed by atoms with Crippen LogP contribution in [0.15, 0.2) is 40.2 Å². The fourth-order valence-corrected chi connectivity index (χ4v) is 6.98. The molecule has 3 heterocycles. The second-order valence-electron chi connectivity index (χ2n) is 9.05. The van der Waals surface area contributed by atoms with Crippen molar-refractivity contribution < 1.29 is 16.8 Å². The molecule has 0 radical (unpaired) electrons. The number of rotatable bonds is 4. The van der Waals surface area contributed by atoms with Crippen LogP contribution in [0.25, 0.3) is 5.57 Å². The molecule has 0 saturated carbocycles. The SMILES string of the molecule is CC(C)(C)c1cc2c([nH]1)=NCCC=2c1ccc(S(=O)(=O)NC2CCS(=O)(=O)C2)cc1. The Morgan fingerprint density at radius 3 is 2.47 bits per heavy atom. The molecule has 1 aromatic heterocycles. The molecule has 9 heteroatoms. The van der Waals surface area contributed by atoms with E-state index < -0.39 is 25.9 Å². The first-order chi connectivity index (χ1) is 13.9. The Balaban J connectivity index is 1.64. The van der Waals surface area contributed by atoms with Crippen LogP contribution in [0.1, 0.15) is 44.9 Å². The Morgan fingerprint density at radius 1 is 1.17 bits per heavy atom. The Morgan fingerprint density at radius 2 is 1.87 bits per heavy atom. The Hall–Kier alpha value is -1.97. The van der Waals surface area contributed by atoms with E-state index in [0.717, 1.165) is 34.0 Å². The Kier molecular flexibility index (Phi) is 5.19. The number of sulfonamides is 1. The average Bonchev–Trinajstić information content (AvgIpc) is 3.24. The summed E-state index contributed by atoms with van der Waals surface area (Å²) in [7, 11) is -6.92. The maximum atomic E-state index is 12.7. The predicted octanol–water partition coefficient (Wildman–Crippen LogP) is 1.000. The van der Waals surface area contributed by atoms with E-state index in [1.54, 1.807) is 12.1 Å². The van der Waals surface area contributed by atoms with Crippen molar-refractivity contribution in [2.45, 2.75) is 50.0 Å². The van der Waals surface area contributed by atoms with Gasteiger partial charge >= 0.3 is 0 Å². The molecule has 1 aromatic carbocycles. The van der Waals surface area contributed by atoms with Crippen molar-refractivity contribution in [2.75, 3.05) is 18.1 Å². The number of sulfone groups is 1. The lowest BCUT2D eigenvalue weighted by atomic mass is 9.92. The maximum absolute atomic E-state index is 12.7. The minimum absolute atomic E-state index is 0.0186. The van der Waals surface area contributed by atoms with Crippen LogP contribution < -0.4 is 15.4 Å². The van der Waals surface area contributed by atoms with Crippen LogP contribution in [0, 0.1) is 0 Å². The van der Waals surface area contributed by atoms with Crippen molar-refractivity contribution in [2.24, 2.45) is 4.99 Å². The van der Waals surface area contributed by atoms with Gasteiger partial charge in [0.05, 0.1) is 16.4 Å². The standard InChI is InChI=1S/C21H27N3O4S2/c1-21(2,3)19-12-18-17(8-10-22-20(18)23-19)14-4-6-16(7-5-14)30(27,28)24-15-9-11-29(25,26)13-15/h4-7,12,15,24H,8-11,13H2,1-3H3,(H,22,23). The third-order valence-electron chi connectivity index (χ3n) is 5.63. The van der Waals surface area contributed by atoms with Gasteiger partial charge in [0.1, 0.15) is 5.49 Å². The van der Waals surface area contributed by atoms with Gasteiger partial charge in [-0.1, -0.05) is 32.9 Å². The highest BCUT2D eigenvalue weighted by Crippen LogP contribution is 2.22. The second kappa shape index (κ2) is 7.32. The number of aromatic nitrogens is 1. The van der Waals surface area contributed by atoms with Crippen LogP contribution in [0.2, 0.25) is 0 Å². The average molecular weight is 450 g/mol. The maximum Gasteiger partial charge on any atom is 0.240 e. The molecule has 30 heavy (non-hydrogen) atoms. The molecule has 1 atom stereocenters. The van der Waals surface area contributed by atoms with Crippen LogP contribution in [-0.2, 0) is 25.3 Å². The van der Waals surface area contributed by atoms with E-state index >= 15 is 0 Å². The molecule has 162 valence electrons. The van der Waals surface area contributed by atoms with Gasteiger partial charge in [0.2, 0.25) is 10.0 Å². The number of hydrogen-bond acceptors (Lipinski definition) is 5. The van der Waals surface area contributed by atoms with E-state index in [4.69, 9.17) is 0 Å². The Bertz CT molecular complexity index is 1300. The lowest BCUT2D eigenvalue weighted by molar-refractivity contribution is 0.562. The van der Waals surface area contributed by atoms with E-state index in [0.29, 0.717) is 13.0 Å². The van der Waals surface area contributed by atoms with Crippen molar-refractivity contribution in [1.82, 2.24) is 9.71 Å². The van der Waals surface area contributed by atoms with Crippen LogP contribution in [0.4, 0.5) is 0 Å². The third kappa shape index (κ3) is 4.24. The van der Waals surface area contributed by atoms with Crippen molar-refractivity contribution in [3.8, 4) is 0 Å². The van der Waals surface area contributed by atoms with E-state index in [1.165, 1.54) is 0 Å². The molecular formula is C21H27N3O4S2. The summed E-state index contributed by atoms with van der Waals surface area (Å²) in [4.78, 5) is 8.15. The largest absolute Gasteiger partial charge is 0.343 e. The smallest absolute Gasteiger partial charge is 0.240 e. The fourth-order valence-electron chi connectivity index (χ4n) is 3.93. The van der Waals surface area contributed by atoms with Gasteiger partial charge in [-0.2, -0.15) is 0 Å². The van der Waals surface area contributed by atoms with Gasteiger partial charge in [0.15, 0.2) is 9.84 Å². The zero-order valence-electron chi connectivity index (χ0n) is 17.4. The minimum atomic E-state index is -3.77. The molecule has 2 N–H and O–H groups in total. The molecule has 1 fully saturated rings. The van der Waals surface area contributed by atoms with Gasteiger partial charge in [-0.15, -0.1) is 0 Å². The summed E-state index contributed by atoms with van der Waals surface area (Å²) in [6, 6.07) is 8.36. The van der Waals surface area contributed by atoms with Gasteiger partial charge in [-0.05, 0) is 42.2 Å². The summed E-state index contributed by atoms with van der Waals surface area (Å²) in [5, 5.41) is 1.07. The van der Waals surface area contributed by atoms with Gasteiger partial charge in [-0.3, -0.25) is 4.99 Å². The molecule has 0 aliphatic carbocycles. The van der Waals surface area contributed by atoms with E-state index in [-0.39, 0.29) is 21.8 Å². The van der Waals surface area contributed by atoms with Crippen molar-refractivity contribution >= 4 is 25.4 Å². The zero-order valence-corrected chi connectivity index (χ0v) is 19.0. The lowest BCUT2D eigenvalue weighted by Gasteiger charge is -2.15. The number of benzene rings is 1. The van der Waals surface area contributed by atoms with Crippen molar-refractivity contribution in [3.05, 3.63) is 52.3 Å². The number of nitrogens with zero attached hydrogens (tertiary/aromatic N) is 1. The molecule has 2 aliphatic heterocycles. The number of H-pyrrole nitrogens is 1. The molecule has 7 nitrogen and oxygen atoms in total. The highest BCUT2D eigenvalue weighted by atomic mass is 32.2. The van der Waals surface area contributed by atoms with Crippen LogP contribution in [-0.4, -0.2) is 45.9 Å². The van der Waals surface area contributed by atoms with Gasteiger partial charge in [-0.25, -0.2) is 21.6 Å². The molecule has 0 spiro atoms. The summed E-state index contributed by atoms with van der Waals surface area (Å²) in [6.07, 6.45) is 1.10. The molecule has 2 aliphatic rings. The van der Waals surface area contributed by atoms with Gasteiger partial charge in [0.25, 0.3) is 0 Å². The summed E-state index contributed by atoms with van der Waals surface area (Å²) in [5.74, 6) is -0.115. The quantitative estimate of drug-likeness (QED) is 0.726. The normalized spacial score (nSPS) is 21.3. The van der Waals surface area contributed by atoms with Crippen LogP contribution in [0.3, 0.4) is 0 Å².